The van der Waals surface area contributed by atoms with Crippen LogP contribution in [0.25, 0.3) is 0 Å². The van der Waals surface area contributed by atoms with Gasteiger partial charge in [0.15, 0.2) is 0 Å². The zero-order valence-electron chi connectivity index (χ0n) is 22.7. The highest BCUT2D eigenvalue weighted by molar-refractivity contribution is 6.30. The molecule has 7 nitrogen and oxygen atoms in total. The summed E-state index contributed by atoms with van der Waals surface area (Å²) in [6, 6.07) is 7.55. The molecule has 1 aliphatic rings. The van der Waals surface area contributed by atoms with Gasteiger partial charge in [0.25, 0.3) is 11.6 Å². The van der Waals surface area contributed by atoms with Crippen LogP contribution in [-0.4, -0.2) is 31.4 Å². The number of allylic oxidation sites excluding steroid dienone is 3. The van der Waals surface area contributed by atoms with Crippen LogP contribution < -0.4 is 4.74 Å². The lowest BCUT2D eigenvalue weighted by Gasteiger charge is -2.05. The van der Waals surface area contributed by atoms with E-state index in [1.165, 1.54) is 44.9 Å². The number of benzene rings is 1. The first-order chi connectivity index (χ1) is 18.0. The van der Waals surface area contributed by atoms with E-state index in [0.717, 1.165) is 49.0 Å². The third-order valence-corrected chi connectivity index (χ3v) is 5.77. The monoisotopic (exact) mass is 539 g/mol. The average molecular weight is 540 g/mol. The van der Waals surface area contributed by atoms with E-state index in [0.29, 0.717) is 19.5 Å². The molecule has 1 aliphatic carbocycles. The minimum Gasteiger partial charge on any atom is -0.493 e. The minimum atomic E-state index is -0.796. The number of carbonyl (C=O) groups is 1. The molecule has 0 N–H and O–H groups in total. The quantitative estimate of drug-likeness (QED) is 0.0647. The third kappa shape index (κ3) is 24.9. The van der Waals surface area contributed by atoms with Crippen molar-refractivity contribution >= 4 is 18.1 Å². The van der Waals surface area contributed by atoms with Crippen LogP contribution in [0.5, 0.6) is 5.75 Å². The summed E-state index contributed by atoms with van der Waals surface area (Å²) in [6.45, 7) is 5.97. The Hall–Kier alpha value is -2.54. The molecule has 0 amide bonds. The highest BCUT2D eigenvalue weighted by atomic mass is 35.5. The second kappa shape index (κ2) is 26.5. The van der Waals surface area contributed by atoms with Gasteiger partial charge in [0, 0.05) is 5.02 Å². The van der Waals surface area contributed by atoms with E-state index in [2.05, 4.69) is 47.7 Å². The Morgan fingerprint density at radius 1 is 1.03 bits per heavy atom. The van der Waals surface area contributed by atoms with Crippen LogP contribution in [0.15, 0.2) is 48.6 Å². The fourth-order valence-electron chi connectivity index (χ4n) is 3.56. The van der Waals surface area contributed by atoms with Gasteiger partial charge in [-0.3, -0.25) is 4.79 Å². The molecule has 37 heavy (non-hydrogen) atoms. The largest absolute Gasteiger partial charge is 0.493 e. The van der Waals surface area contributed by atoms with Gasteiger partial charge in [-0.2, -0.15) is 0 Å². The Balaban J connectivity index is 0.000000576. The highest BCUT2D eigenvalue weighted by Crippen LogP contribution is 2.25. The van der Waals surface area contributed by atoms with Gasteiger partial charge in [0.1, 0.15) is 5.75 Å². The summed E-state index contributed by atoms with van der Waals surface area (Å²) in [5.74, 6) is 1.67. The molecular weight excluding hydrogens is 494 g/mol. The molecule has 1 saturated carbocycles. The Morgan fingerprint density at radius 2 is 1.76 bits per heavy atom. The van der Waals surface area contributed by atoms with E-state index in [9.17, 15) is 14.9 Å². The molecular formula is C29H46ClNO6. The molecule has 8 heteroatoms. The second-order valence-corrected chi connectivity index (χ2v) is 9.15. The number of nitrogens with zero attached hydrogens (tertiary/aromatic N) is 1. The number of rotatable bonds is 17. The van der Waals surface area contributed by atoms with E-state index >= 15 is 0 Å². The van der Waals surface area contributed by atoms with Gasteiger partial charge in [-0.05, 0) is 76.0 Å². The molecule has 0 bridgehead atoms. The van der Waals surface area contributed by atoms with Crippen molar-refractivity contribution in [3.63, 3.8) is 0 Å². The van der Waals surface area contributed by atoms with E-state index < -0.39 is 5.09 Å². The van der Waals surface area contributed by atoms with E-state index in [1.54, 1.807) is 0 Å². The number of unbranched alkanes of at least 4 members (excludes halogenated alkanes) is 5. The van der Waals surface area contributed by atoms with Crippen LogP contribution in [0.4, 0.5) is 0 Å². The molecule has 0 aromatic heterocycles. The summed E-state index contributed by atoms with van der Waals surface area (Å²) in [5, 5.41) is 9.63. The molecule has 2 rings (SSSR count). The Morgan fingerprint density at radius 3 is 2.38 bits per heavy atom. The van der Waals surface area contributed by atoms with Crippen molar-refractivity contribution < 1.29 is 24.2 Å². The number of hydrogen-bond donors (Lipinski definition) is 0. The van der Waals surface area contributed by atoms with Crippen LogP contribution in [0.1, 0.15) is 90.9 Å². The second-order valence-electron chi connectivity index (χ2n) is 8.72. The lowest BCUT2D eigenvalue weighted by molar-refractivity contribution is -0.757. The van der Waals surface area contributed by atoms with Crippen LogP contribution in [0.2, 0.25) is 5.02 Å². The first-order valence-corrected chi connectivity index (χ1v) is 13.9. The summed E-state index contributed by atoms with van der Waals surface area (Å²) in [7, 11) is 0. The minimum absolute atomic E-state index is 0.140. The van der Waals surface area contributed by atoms with Crippen molar-refractivity contribution in [2.24, 2.45) is 5.92 Å². The van der Waals surface area contributed by atoms with Gasteiger partial charge in [0.05, 0.1) is 19.8 Å². The molecule has 0 unspecified atom stereocenters. The molecule has 210 valence electrons. The van der Waals surface area contributed by atoms with E-state index in [4.69, 9.17) is 16.3 Å². The van der Waals surface area contributed by atoms with Crippen LogP contribution >= 0.6 is 11.6 Å². The molecule has 1 aromatic rings. The number of halogens is 1. The fraction of sp³-hybridized carbons (Fsp3) is 0.621. The van der Waals surface area contributed by atoms with Crippen molar-refractivity contribution in [1.82, 2.24) is 0 Å². The van der Waals surface area contributed by atoms with E-state index in [-0.39, 0.29) is 6.61 Å². The lowest BCUT2D eigenvalue weighted by Crippen LogP contribution is -2.02. The summed E-state index contributed by atoms with van der Waals surface area (Å²) in [6.07, 6.45) is 22.5. The van der Waals surface area contributed by atoms with Crippen molar-refractivity contribution in [3.8, 4) is 5.75 Å². The summed E-state index contributed by atoms with van der Waals surface area (Å²) in [4.78, 5) is 23.5. The highest BCUT2D eigenvalue weighted by Gasteiger charge is 2.10. The topological polar surface area (TPSA) is 87.9 Å². The molecule has 0 heterocycles. The predicted molar refractivity (Wildman–Crippen MR) is 150 cm³/mol. The molecule has 0 radical (unpaired) electrons. The summed E-state index contributed by atoms with van der Waals surface area (Å²) < 4.78 is 10.1. The Bertz CT molecular complexity index is 735. The van der Waals surface area contributed by atoms with Gasteiger partial charge in [-0.15, -0.1) is 10.1 Å². The smallest absolute Gasteiger partial charge is 0.294 e. The Labute approximate surface area is 228 Å². The number of carbonyl (C=O) groups excluding carboxylic acids is 1. The van der Waals surface area contributed by atoms with Gasteiger partial charge in [0.2, 0.25) is 0 Å². The zero-order chi connectivity index (χ0) is 27.4. The lowest BCUT2D eigenvalue weighted by atomic mass is 10.1. The average Bonchev–Trinajstić information content (AvgIpc) is 3.40. The third-order valence-electron chi connectivity index (χ3n) is 5.54. The van der Waals surface area contributed by atoms with E-state index in [1.807, 2.05) is 24.3 Å². The first-order valence-electron chi connectivity index (χ1n) is 13.5. The number of ether oxygens (including phenoxy) is 2. The SMILES string of the molecule is C/C=C\CCCC.Clc1cccc(OCC/C=C/C2CCCC2)c1.O=COCCCCCCO[N+](=O)[O-]. The maximum Gasteiger partial charge on any atom is 0.294 e. The summed E-state index contributed by atoms with van der Waals surface area (Å²) in [5.41, 5.74) is 0. The molecule has 0 atom stereocenters. The molecule has 0 aliphatic heterocycles. The van der Waals surface area contributed by atoms with Crippen LogP contribution in [-0.2, 0) is 14.4 Å². The van der Waals surface area contributed by atoms with Gasteiger partial charge >= 0.3 is 0 Å². The standard InChI is InChI=1S/C15H19ClO.C7H13NO5.C7H14/c16-14-9-5-10-15(12-14)17-11-4-3-8-13-6-1-2-7-13;9-7-12-5-3-1-2-4-6-13-8(10)11;1-3-5-7-6-4-2/h3,5,8-10,12-13H,1-2,4,6-7,11H2;7H,1-6H2;3,5H,4,6-7H2,1-2H3/b8-3+;;5-3-. The van der Waals surface area contributed by atoms with Gasteiger partial charge in [-0.25, -0.2) is 0 Å². The van der Waals surface area contributed by atoms with Crippen molar-refractivity contribution in [2.45, 2.75) is 90.9 Å². The van der Waals surface area contributed by atoms with Crippen molar-refractivity contribution in [3.05, 3.63) is 63.7 Å². The predicted octanol–water partition coefficient (Wildman–Crippen LogP) is 8.54. The zero-order valence-corrected chi connectivity index (χ0v) is 23.4. The fourth-order valence-corrected chi connectivity index (χ4v) is 3.74. The van der Waals surface area contributed by atoms with Gasteiger partial charge < -0.3 is 14.3 Å². The molecule has 0 saturated heterocycles. The van der Waals surface area contributed by atoms with Crippen molar-refractivity contribution in [1.29, 1.82) is 0 Å². The molecule has 0 spiro atoms. The maximum absolute atomic E-state index is 9.70. The molecule has 1 fully saturated rings. The summed E-state index contributed by atoms with van der Waals surface area (Å²) >= 11 is 5.88. The van der Waals surface area contributed by atoms with Gasteiger partial charge in [-0.1, -0.05) is 81.0 Å². The normalized spacial score (nSPS) is 12.9. The first kappa shape index (κ1) is 34.5. The van der Waals surface area contributed by atoms with Crippen LogP contribution in [0.3, 0.4) is 0 Å². The maximum atomic E-state index is 9.70. The Kier molecular flexibility index (Phi) is 24.7. The van der Waals surface area contributed by atoms with Crippen molar-refractivity contribution in [2.75, 3.05) is 19.8 Å². The van der Waals surface area contributed by atoms with Crippen LogP contribution in [0, 0.1) is 16.0 Å². The number of hydrogen-bond acceptors (Lipinski definition) is 6. The molecule has 1 aromatic carbocycles.